The maximum absolute atomic E-state index is 12.2. The summed E-state index contributed by atoms with van der Waals surface area (Å²) < 4.78 is 48.4. The van der Waals surface area contributed by atoms with E-state index in [0.717, 1.165) is 82.4 Å². The Kier molecular flexibility index (Phi) is 9.38. The molecule has 0 aromatic heterocycles. The third-order valence-corrected chi connectivity index (χ3v) is 13.7. The van der Waals surface area contributed by atoms with E-state index < -0.39 is 19.7 Å². The minimum atomic E-state index is -2.94. The quantitative estimate of drug-likeness (QED) is 0.318. The predicted molar refractivity (Wildman–Crippen MR) is 173 cm³/mol. The lowest BCUT2D eigenvalue weighted by molar-refractivity contribution is 0.327. The van der Waals surface area contributed by atoms with Crippen LogP contribution < -0.4 is 5.32 Å². The van der Waals surface area contributed by atoms with Crippen molar-refractivity contribution in [1.29, 1.82) is 0 Å². The van der Waals surface area contributed by atoms with Gasteiger partial charge in [-0.25, -0.2) is 16.8 Å². The highest BCUT2D eigenvalue weighted by Crippen LogP contribution is 2.33. The van der Waals surface area contributed by atoms with Crippen molar-refractivity contribution in [2.45, 2.75) is 78.9 Å². The van der Waals surface area contributed by atoms with E-state index in [0.29, 0.717) is 11.8 Å². The van der Waals surface area contributed by atoms with E-state index in [1.54, 1.807) is 0 Å². The van der Waals surface area contributed by atoms with Crippen molar-refractivity contribution in [2.75, 3.05) is 26.2 Å². The van der Waals surface area contributed by atoms with Gasteiger partial charge in [-0.1, -0.05) is 78.9 Å². The molecule has 2 atom stereocenters. The third-order valence-electron chi connectivity index (χ3n) is 9.23. The largest absolute Gasteiger partial charge is 0.316 e. The number of nitrogens with one attached hydrogen (secondary N) is 1. The lowest BCUT2D eigenvalue weighted by Crippen LogP contribution is -2.19. The SMILES string of the molecule is O=S(=O)(Cc1cccc(C2CCN(Cc3ccccc3)C2)c1)C1CC1.O=S(=O)(Cc1cccc(C2CCNC2)c1)C1CC1. The van der Waals surface area contributed by atoms with Crippen molar-refractivity contribution in [3.8, 4) is 0 Å². The minimum Gasteiger partial charge on any atom is -0.316 e. The summed E-state index contributed by atoms with van der Waals surface area (Å²) >= 11 is 0. The summed E-state index contributed by atoms with van der Waals surface area (Å²) in [7, 11) is -5.84. The molecule has 3 aromatic carbocycles. The highest BCUT2D eigenvalue weighted by Gasteiger charge is 2.36. The van der Waals surface area contributed by atoms with Crippen LogP contribution in [0.4, 0.5) is 0 Å². The van der Waals surface area contributed by atoms with Crippen LogP contribution in [-0.4, -0.2) is 58.4 Å². The number of benzene rings is 3. The first-order valence-corrected chi connectivity index (χ1v) is 19.3. The highest BCUT2D eigenvalue weighted by molar-refractivity contribution is 7.91. The normalized spacial score (nSPS) is 22.7. The second kappa shape index (κ2) is 13.2. The first-order chi connectivity index (χ1) is 20.7. The summed E-state index contributed by atoms with van der Waals surface area (Å²) in [5, 5.41) is 3.21. The van der Waals surface area contributed by atoms with Crippen LogP contribution in [0, 0.1) is 0 Å². The lowest BCUT2D eigenvalue weighted by atomic mass is 9.97. The van der Waals surface area contributed by atoms with Gasteiger partial charge in [0.1, 0.15) is 0 Å². The van der Waals surface area contributed by atoms with Crippen LogP contribution in [0.15, 0.2) is 78.9 Å². The van der Waals surface area contributed by atoms with E-state index in [1.807, 2.05) is 24.3 Å². The number of likely N-dealkylation sites (tertiary alicyclic amines) is 1. The van der Waals surface area contributed by atoms with Crippen molar-refractivity contribution in [1.82, 2.24) is 10.2 Å². The van der Waals surface area contributed by atoms with Gasteiger partial charge in [-0.15, -0.1) is 0 Å². The molecule has 4 fully saturated rings. The van der Waals surface area contributed by atoms with Crippen LogP contribution >= 0.6 is 0 Å². The standard InChI is InChI=1S/C21H25NO2S.C14H19NO2S/c23-25(24,21-9-10-21)16-18-7-4-8-19(13-18)20-11-12-22(15-20)14-17-5-2-1-3-6-17;16-18(17,14-4-5-14)10-11-2-1-3-12(8-11)13-6-7-15-9-13/h1-8,13,20-21H,9-12,14-16H2;1-3,8,13-15H,4-7,9-10H2. The van der Waals surface area contributed by atoms with E-state index in [2.05, 4.69) is 64.8 Å². The Hall–Kier alpha value is -2.52. The molecule has 2 aliphatic heterocycles. The zero-order valence-electron chi connectivity index (χ0n) is 24.9. The van der Waals surface area contributed by atoms with Gasteiger partial charge in [-0.05, 0) is 91.3 Å². The van der Waals surface area contributed by atoms with Crippen molar-refractivity contribution >= 4 is 19.7 Å². The zero-order valence-corrected chi connectivity index (χ0v) is 26.5. The number of nitrogens with zero attached hydrogens (tertiary/aromatic N) is 1. The molecule has 7 rings (SSSR count). The van der Waals surface area contributed by atoms with Crippen LogP contribution in [0.1, 0.15) is 78.2 Å². The molecule has 6 nitrogen and oxygen atoms in total. The number of hydrogen-bond acceptors (Lipinski definition) is 6. The molecule has 2 saturated heterocycles. The van der Waals surface area contributed by atoms with E-state index in [9.17, 15) is 16.8 Å². The Morgan fingerprint density at radius 3 is 1.72 bits per heavy atom. The second-order valence-electron chi connectivity index (χ2n) is 12.9. The fourth-order valence-electron chi connectivity index (χ4n) is 6.46. The molecule has 4 aliphatic rings. The van der Waals surface area contributed by atoms with Gasteiger partial charge in [0, 0.05) is 19.6 Å². The maximum Gasteiger partial charge on any atom is 0.157 e. The summed E-state index contributed by atoms with van der Waals surface area (Å²) in [5.41, 5.74) is 5.83. The van der Waals surface area contributed by atoms with E-state index in [4.69, 9.17) is 0 Å². The van der Waals surface area contributed by atoms with Gasteiger partial charge in [0.25, 0.3) is 0 Å². The molecular formula is C35H44N2O4S2. The molecule has 2 aliphatic carbocycles. The van der Waals surface area contributed by atoms with Crippen LogP contribution in [0.2, 0.25) is 0 Å². The molecule has 1 N–H and O–H groups in total. The maximum atomic E-state index is 12.2. The molecule has 0 bridgehead atoms. The van der Waals surface area contributed by atoms with Gasteiger partial charge < -0.3 is 5.32 Å². The van der Waals surface area contributed by atoms with Gasteiger partial charge >= 0.3 is 0 Å². The second-order valence-corrected chi connectivity index (χ2v) is 17.5. The van der Waals surface area contributed by atoms with E-state index in [-0.39, 0.29) is 22.0 Å². The van der Waals surface area contributed by atoms with Gasteiger partial charge in [-0.3, -0.25) is 4.90 Å². The van der Waals surface area contributed by atoms with Gasteiger partial charge in [0.2, 0.25) is 0 Å². The first kappa shape index (κ1) is 30.5. The zero-order chi connectivity index (χ0) is 29.9. The van der Waals surface area contributed by atoms with Crippen molar-refractivity contribution in [3.63, 3.8) is 0 Å². The Morgan fingerprint density at radius 1 is 0.628 bits per heavy atom. The number of sulfone groups is 2. The molecular weight excluding hydrogens is 577 g/mol. The van der Waals surface area contributed by atoms with Crippen molar-refractivity contribution in [2.24, 2.45) is 0 Å². The Morgan fingerprint density at radius 2 is 1.19 bits per heavy atom. The molecule has 2 heterocycles. The molecule has 0 amide bonds. The monoisotopic (exact) mass is 620 g/mol. The smallest absolute Gasteiger partial charge is 0.157 e. The van der Waals surface area contributed by atoms with Crippen molar-refractivity contribution < 1.29 is 16.8 Å². The van der Waals surface area contributed by atoms with E-state index in [1.165, 1.54) is 16.7 Å². The predicted octanol–water partition coefficient (Wildman–Crippen LogP) is 5.59. The molecule has 230 valence electrons. The van der Waals surface area contributed by atoms with Gasteiger partial charge in [0.15, 0.2) is 19.7 Å². The fraction of sp³-hybridized carbons (Fsp3) is 0.486. The minimum absolute atomic E-state index is 0.0608. The summed E-state index contributed by atoms with van der Waals surface area (Å²) in [6.45, 7) is 5.22. The van der Waals surface area contributed by atoms with Crippen LogP contribution in [0.25, 0.3) is 0 Å². The lowest BCUT2D eigenvalue weighted by Gasteiger charge is -2.16. The Labute approximate surface area is 257 Å². The molecule has 43 heavy (non-hydrogen) atoms. The topological polar surface area (TPSA) is 83.6 Å². The summed E-state index contributed by atoms with van der Waals surface area (Å²) in [4.78, 5) is 2.49. The summed E-state index contributed by atoms with van der Waals surface area (Å²) in [5.74, 6) is 1.47. The number of hydrogen-bond donors (Lipinski definition) is 1. The molecule has 0 radical (unpaired) electrons. The molecule has 2 unspecified atom stereocenters. The summed E-state index contributed by atoms with van der Waals surface area (Å²) in [6, 6.07) is 27.0. The van der Waals surface area contributed by atoms with Crippen LogP contribution in [0.5, 0.6) is 0 Å². The number of rotatable bonds is 10. The van der Waals surface area contributed by atoms with Crippen molar-refractivity contribution in [3.05, 3.63) is 107 Å². The Bertz CT molecular complexity index is 1590. The average molecular weight is 621 g/mol. The van der Waals surface area contributed by atoms with E-state index >= 15 is 0 Å². The summed E-state index contributed by atoms with van der Waals surface area (Å²) in [6.07, 6.45) is 5.70. The Balaban J connectivity index is 0.000000162. The third kappa shape index (κ3) is 8.35. The molecule has 3 aromatic rings. The van der Waals surface area contributed by atoms with Gasteiger partial charge in [0.05, 0.1) is 22.0 Å². The fourth-order valence-corrected chi connectivity index (χ4v) is 9.93. The van der Waals surface area contributed by atoms with Crippen LogP contribution in [0.3, 0.4) is 0 Å². The first-order valence-electron chi connectivity index (χ1n) is 15.8. The molecule has 8 heteroatoms. The average Bonchev–Trinajstić information content (AvgIpc) is 3.93. The molecule has 0 spiro atoms. The molecule has 2 saturated carbocycles. The highest BCUT2D eigenvalue weighted by atomic mass is 32.2. The van der Waals surface area contributed by atoms with Gasteiger partial charge in [-0.2, -0.15) is 0 Å². The van der Waals surface area contributed by atoms with Crippen LogP contribution in [-0.2, 0) is 37.7 Å².